The summed E-state index contributed by atoms with van der Waals surface area (Å²) in [7, 11) is 0. The van der Waals surface area contributed by atoms with Gasteiger partial charge in [-0.05, 0) is 80.1 Å². The Morgan fingerprint density at radius 3 is 2.47 bits per heavy atom. The summed E-state index contributed by atoms with van der Waals surface area (Å²) in [6.07, 6.45) is 0.588. The van der Waals surface area contributed by atoms with Crippen LogP contribution in [0.2, 0.25) is 0 Å². The van der Waals surface area contributed by atoms with Crippen molar-refractivity contribution in [2.75, 3.05) is 13.1 Å². The van der Waals surface area contributed by atoms with Gasteiger partial charge in [0.2, 0.25) is 0 Å². The standard InChI is InChI=1S/C23H25F3N2O2/c1-15-10-18(11-16-6-8-27-9-7-16)12-19-14-28(22(29)21(15)19)13-17-2-4-20(5-3-17)30-23(24,25)26/h2-5,10,12,14,16,27,29H,6-9,11,13H2,1H3. The number of ether oxygens (including phenoxy) is 1. The Morgan fingerprint density at radius 2 is 1.80 bits per heavy atom. The van der Waals surface area contributed by atoms with Gasteiger partial charge in [-0.1, -0.05) is 18.2 Å². The van der Waals surface area contributed by atoms with E-state index in [1.165, 1.54) is 30.5 Å². The molecule has 1 aromatic heterocycles. The number of hydrogen-bond acceptors (Lipinski definition) is 3. The zero-order chi connectivity index (χ0) is 21.3. The molecular weight excluding hydrogens is 393 g/mol. The fourth-order valence-corrected chi connectivity index (χ4v) is 4.32. The molecule has 1 aliphatic heterocycles. The Balaban J connectivity index is 1.54. The highest BCUT2D eigenvalue weighted by atomic mass is 19.4. The van der Waals surface area contributed by atoms with Crippen molar-refractivity contribution in [2.24, 2.45) is 5.92 Å². The highest BCUT2D eigenvalue weighted by Gasteiger charge is 2.31. The van der Waals surface area contributed by atoms with Crippen molar-refractivity contribution in [2.45, 2.75) is 39.1 Å². The van der Waals surface area contributed by atoms with Gasteiger partial charge in [0.1, 0.15) is 5.75 Å². The molecule has 1 fully saturated rings. The second-order valence-corrected chi connectivity index (χ2v) is 8.05. The van der Waals surface area contributed by atoms with E-state index in [0.717, 1.165) is 41.4 Å². The lowest BCUT2D eigenvalue weighted by Gasteiger charge is -2.22. The second kappa shape index (κ2) is 8.22. The molecular formula is C23H25F3N2O2. The summed E-state index contributed by atoms with van der Waals surface area (Å²) in [6, 6.07) is 10.00. The zero-order valence-corrected chi connectivity index (χ0v) is 16.8. The maximum atomic E-state index is 12.3. The van der Waals surface area contributed by atoms with Crippen molar-refractivity contribution in [1.29, 1.82) is 0 Å². The van der Waals surface area contributed by atoms with Crippen molar-refractivity contribution < 1.29 is 23.0 Å². The van der Waals surface area contributed by atoms with Gasteiger partial charge in [0.25, 0.3) is 0 Å². The van der Waals surface area contributed by atoms with E-state index in [9.17, 15) is 18.3 Å². The van der Waals surface area contributed by atoms with Crippen LogP contribution in [0, 0.1) is 12.8 Å². The molecule has 1 aliphatic rings. The zero-order valence-electron chi connectivity index (χ0n) is 16.8. The van der Waals surface area contributed by atoms with Crippen LogP contribution < -0.4 is 10.1 Å². The van der Waals surface area contributed by atoms with E-state index >= 15 is 0 Å². The lowest BCUT2D eigenvalue weighted by atomic mass is 9.90. The average Bonchev–Trinajstić information content (AvgIpc) is 2.99. The van der Waals surface area contributed by atoms with E-state index in [1.807, 2.05) is 13.1 Å². The van der Waals surface area contributed by atoms with Gasteiger partial charge in [-0.3, -0.25) is 0 Å². The van der Waals surface area contributed by atoms with Crippen LogP contribution in [0.1, 0.15) is 29.5 Å². The van der Waals surface area contributed by atoms with Crippen LogP contribution in [0.5, 0.6) is 11.6 Å². The normalized spacial score (nSPS) is 15.6. The van der Waals surface area contributed by atoms with Crippen LogP contribution in [-0.2, 0) is 13.0 Å². The van der Waals surface area contributed by atoms with Gasteiger partial charge in [-0.25, -0.2) is 0 Å². The molecule has 0 spiro atoms. The first-order valence-corrected chi connectivity index (χ1v) is 10.2. The Hall–Kier alpha value is -2.67. The number of benzene rings is 2. The summed E-state index contributed by atoms with van der Waals surface area (Å²) >= 11 is 0. The summed E-state index contributed by atoms with van der Waals surface area (Å²) in [5.41, 5.74) is 3.08. The quantitative estimate of drug-likeness (QED) is 0.603. The van der Waals surface area contributed by atoms with E-state index in [-0.39, 0.29) is 11.6 Å². The van der Waals surface area contributed by atoms with Crippen LogP contribution in [0.3, 0.4) is 0 Å². The van der Waals surface area contributed by atoms with Gasteiger partial charge in [0, 0.05) is 17.0 Å². The van der Waals surface area contributed by atoms with Crippen LogP contribution in [0.15, 0.2) is 42.6 Å². The third kappa shape index (κ3) is 4.73. The maximum absolute atomic E-state index is 12.3. The fraction of sp³-hybridized carbons (Fsp3) is 0.391. The van der Waals surface area contributed by atoms with Crippen LogP contribution in [-0.4, -0.2) is 29.1 Å². The molecule has 4 rings (SSSR count). The number of nitrogens with zero attached hydrogens (tertiary/aromatic N) is 1. The summed E-state index contributed by atoms with van der Waals surface area (Å²) < 4.78 is 42.6. The summed E-state index contributed by atoms with van der Waals surface area (Å²) in [5.74, 6) is 0.592. The molecule has 0 unspecified atom stereocenters. The lowest BCUT2D eigenvalue weighted by Crippen LogP contribution is -2.28. The Labute approximate surface area is 173 Å². The van der Waals surface area contributed by atoms with Gasteiger partial charge in [-0.2, -0.15) is 0 Å². The van der Waals surface area contributed by atoms with E-state index in [0.29, 0.717) is 12.5 Å². The molecule has 160 valence electrons. The first-order valence-electron chi connectivity index (χ1n) is 10.2. The number of rotatable bonds is 5. The molecule has 2 heterocycles. The maximum Gasteiger partial charge on any atom is 0.573 e. The van der Waals surface area contributed by atoms with Crippen LogP contribution in [0.4, 0.5) is 13.2 Å². The largest absolute Gasteiger partial charge is 0.573 e. The van der Waals surface area contributed by atoms with E-state index < -0.39 is 6.36 Å². The summed E-state index contributed by atoms with van der Waals surface area (Å²) in [4.78, 5) is 0. The number of halogens is 3. The van der Waals surface area contributed by atoms with E-state index in [1.54, 1.807) is 16.7 Å². The smallest absolute Gasteiger partial charge is 0.494 e. The molecule has 3 aromatic rings. The van der Waals surface area contributed by atoms with E-state index in [2.05, 4.69) is 22.2 Å². The highest BCUT2D eigenvalue weighted by Crippen LogP contribution is 2.33. The molecule has 2 aromatic carbocycles. The molecule has 0 saturated carbocycles. The Morgan fingerprint density at radius 1 is 1.10 bits per heavy atom. The van der Waals surface area contributed by atoms with Gasteiger partial charge < -0.3 is 19.7 Å². The second-order valence-electron chi connectivity index (χ2n) is 8.05. The number of aryl methyl sites for hydroxylation is 1. The average molecular weight is 418 g/mol. The molecule has 2 N–H and O–H groups in total. The molecule has 4 nitrogen and oxygen atoms in total. The van der Waals surface area contributed by atoms with Crippen molar-refractivity contribution in [3.8, 4) is 11.6 Å². The molecule has 30 heavy (non-hydrogen) atoms. The topological polar surface area (TPSA) is 46.4 Å². The minimum atomic E-state index is -4.71. The minimum absolute atomic E-state index is 0.173. The molecule has 0 bridgehead atoms. The number of piperidine rings is 1. The molecule has 0 aliphatic carbocycles. The van der Waals surface area contributed by atoms with Crippen molar-refractivity contribution in [3.63, 3.8) is 0 Å². The third-order valence-corrected chi connectivity index (χ3v) is 5.71. The number of fused-ring (bicyclic) bond motifs is 1. The molecule has 1 saturated heterocycles. The summed E-state index contributed by atoms with van der Waals surface area (Å²) in [6.45, 7) is 4.49. The predicted octanol–water partition coefficient (Wildman–Crippen LogP) is 5.14. The number of aromatic nitrogens is 1. The first kappa shape index (κ1) is 20.6. The highest BCUT2D eigenvalue weighted by molar-refractivity contribution is 5.91. The number of nitrogens with one attached hydrogen (secondary N) is 1. The van der Waals surface area contributed by atoms with Crippen LogP contribution in [0.25, 0.3) is 10.8 Å². The van der Waals surface area contributed by atoms with Gasteiger partial charge in [-0.15, -0.1) is 13.2 Å². The number of aromatic hydroxyl groups is 1. The number of alkyl halides is 3. The first-order chi connectivity index (χ1) is 14.3. The third-order valence-electron chi connectivity index (χ3n) is 5.71. The van der Waals surface area contributed by atoms with Crippen LogP contribution >= 0.6 is 0 Å². The van der Waals surface area contributed by atoms with Gasteiger partial charge >= 0.3 is 6.36 Å². The molecule has 0 amide bonds. The summed E-state index contributed by atoms with van der Waals surface area (Å²) in [5, 5.41) is 15.9. The van der Waals surface area contributed by atoms with Crippen molar-refractivity contribution in [1.82, 2.24) is 9.88 Å². The fourth-order valence-electron chi connectivity index (χ4n) is 4.32. The lowest BCUT2D eigenvalue weighted by molar-refractivity contribution is -0.274. The van der Waals surface area contributed by atoms with Crippen molar-refractivity contribution >= 4 is 10.8 Å². The van der Waals surface area contributed by atoms with Gasteiger partial charge in [0.05, 0.1) is 6.54 Å². The molecule has 7 heteroatoms. The van der Waals surface area contributed by atoms with Crippen molar-refractivity contribution in [3.05, 3.63) is 59.3 Å². The Bertz CT molecular complexity index is 1020. The van der Waals surface area contributed by atoms with Gasteiger partial charge in [0.15, 0.2) is 5.88 Å². The minimum Gasteiger partial charge on any atom is -0.494 e. The SMILES string of the molecule is Cc1cc(CC2CCNCC2)cc2cn(Cc3ccc(OC(F)(F)F)cc3)c(O)c12. The monoisotopic (exact) mass is 418 g/mol. The van der Waals surface area contributed by atoms with E-state index in [4.69, 9.17) is 0 Å². The molecule has 0 atom stereocenters. The molecule has 0 radical (unpaired) electrons. The Kier molecular flexibility index (Phi) is 5.64. The number of hydrogen-bond donors (Lipinski definition) is 2. The predicted molar refractivity (Wildman–Crippen MR) is 110 cm³/mol.